The van der Waals surface area contributed by atoms with Gasteiger partial charge in [0.15, 0.2) is 0 Å². The predicted molar refractivity (Wildman–Crippen MR) is 214 cm³/mol. The molecule has 8 aromatic rings. The Bertz CT molecular complexity index is 1930. The van der Waals surface area contributed by atoms with Crippen LogP contribution >= 0.6 is 24.8 Å². The first kappa shape index (κ1) is 40.4. The van der Waals surface area contributed by atoms with Crippen LogP contribution in [0.15, 0.2) is 182 Å². The van der Waals surface area contributed by atoms with Gasteiger partial charge in [0, 0.05) is 0 Å². The van der Waals surface area contributed by atoms with Crippen molar-refractivity contribution in [2.24, 2.45) is 0 Å². The molecule has 0 unspecified atom stereocenters. The van der Waals surface area contributed by atoms with E-state index < -0.39 is 0 Å². The van der Waals surface area contributed by atoms with Gasteiger partial charge in [0.05, 0.1) is 0 Å². The van der Waals surface area contributed by atoms with Gasteiger partial charge in [0.25, 0.3) is 0 Å². The van der Waals surface area contributed by atoms with E-state index in [0.29, 0.717) is 0 Å². The summed E-state index contributed by atoms with van der Waals surface area (Å²) in [5.41, 5.74) is 10.3. The second-order valence-corrected chi connectivity index (χ2v) is 10.6. The average molecular weight is 757 g/mol. The fourth-order valence-corrected chi connectivity index (χ4v) is 5.80. The van der Waals surface area contributed by atoms with Crippen LogP contribution in [0.25, 0.3) is 66.1 Å². The molecule has 0 saturated heterocycles. The summed E-state index contributed by atoms with van der Waals surface area (Å²) < 4.78 is 0. The van der Waals surface area contributed by atoms with Crippen molar-refractivity contribution >= 4 is 53.2 Å². The molecule has 0 aliphatic heterocycles. The van der Waals surface area contributed by atoms with E-state index in [2.05, 4.69) is 189 Å². The molecule has 8 aromatic carbocycles. The molecule has 0 nitrogen and oxygen atoms in total. The van der Waals surface area contributed by atoms with Gasteiger partial charge in [0.2, 0.25) is 0 Å². The maximum absolute atomic E-state index is 3.06. The molecule has 4 heteroatoms. The fraction of sp³-hybridized carbons (Fsp3) is 0. The van der Waals surface area contributed by atoms with Crippen molar-refractivity contribution in [3.8, 4) is 44.5 Å². The van der Waals surface area contributed by atoms with Gasteiger partial charge in [-0.05, 0) is 11.1 Å². The van der Waals surface area contributed by atoms with E-state index >= 15 is 0 Å². The number of halogens is 2. The Morgan fingerprint density at radius 2 is 0.646 bits per heavy atom. The number of hydrogen-bond donors (Lipinski definition) is 0. The minimum absolute atomic E-state index is 0. The number of benzene rings is 6. The summed E-state index contributed by atoms with van der Waals surface area (Å²) in [7, 11) is 0. The molecule has 0 bridgehead atoms. The Hall–Kier alpha value is -3.78. The maximum atomic E-state index is 3.06. The summed E-state index contributed by atoms with van der Waals surface area (Å²) in [6.45, 7) is 3.06. The van der Waals surface area contributed by atoms with E-state index in [1.807, 2.05) is 0 Å². The van der Waals surface area contributed by atoms with Crippen LogP contribution in [0.4, 0.5) is 0 Å². The molecular formula is C44H38Cl2SiZr-4. The first-order chi connectivity index (χ1) is 21.8. The number of hydrogen-bond acceptors (Lipinski definition) is 0. The quantitative estimate of drug-likeness (QED) is 0.124. The van der Waals surface area contributed by atoms with Gasteiger partial charge in [0.1, 0.15) is 0 Å². The summed E-state index contributed by atoms with van der Waals surface area (Å²) in [4.78, 5) is 0. The first-order valence-corrected chi connectivity index (χ1v) is 18.9. The van der Waals surface area contributed by atoms with Gasteiger partial charge < -0.3 is 14.9 Å². The third-order valence-electron chi connectivity index (χ3n) is 7.89. The van der Waals surface area contributed by atoms with E-state index in [1.54, 1.807) is 0 Å². The zero-order chi connectivity index (χ0) is 30.1. The van der Waals surface area contributed by atoms with E-state index in [4.69, 9.17) is 0 Å². The molecule has 240 valence electrons. The Morgan fingerprint density at radius 3 is 0.958 bits per heavy atom. The Labute approximate surface area is 315 Å². The van der Waals surface area contributed by atoms with Crippen LogP contribution in [0, 0.1) is 14.9 Å². The summed E-state index contributed by atoms with van der Waals surface area (Å²) in [5, 5.41) is 5.25. The van der Waals surface area contributed by atoms with Crippen LogP contribution in [0.3, 0.4) is 0 Å². The number of fused-ring (bicyclic) bond motifs is 2. The summed E-state index contributed by atoms with van der Waals surface area (Å²) in [6, 6.07) is 64.5. The van der Waals surface area contributed by atoms with E-state index in [0.717, 1.165) is 0 Å². The van der Waals surface area contributed by atoms with Crippen molar-refractivity contribution in [1.29, 1.82) is 0 Å². The zero-order valence-corrected chi connectivity index (χ0v) is 32.2. The van der Waals surface area contributed by atoms with E-state index in [9.17, 15) is 0 Å². The molecule has 0 N–H and O–H groups in total. The minimum atomic E-state index is 0. The van der Waals surface area contributed by atoms with Crippen LogP contribution in [0.2, 0.25) is 0 Å². The summed E-state index contributed by atoms with van der Waals surface area (Å²) >= 11 is 1.36. The van der Waals surface area contributed by atoms with Crippen LogP contribution in [0.1, 0.15) is 0 Å². The third kappa shape index (κ3) is 9.22. The molecule has 0 aliphatic carbocycles. The van der Waals surface area contributed by atoms with Crippen molar-refractivity contribution in [2.75, 3.05) is 0 Å². The Morgan fingerprint density at radius 1 is 0.354 bits per heavy atom. The van der Waals surface area contributed by atoms with E-state index in [1.165, 1.54) is 89.4 Å². The fourth-order valence-electron chi connectivity index (χ4n) is 5.80. The molecule has 2 radical (unpaired) electrons. The smallest absolute Gasteiger partial charge is 0.0259 e. The van der Waals surface area contributed by atoms with Gasteiger partial charge >= 0.3 is 30.2 Å². The zero-order valence-electron chi connectivity index (χ0n) is 27.1. The van der Waals surface area contributed by atoms with Gasteiger partial charge in [-0.25, -0.2) is 0 Å². The molecule has 0 aliphatic rings. The molecular weight excluding hydrogens is 719 g/mol. The van der Waals surface area contributed by atoms with Crippen molar-refractivity contribution in [3.05, 3.63) is 197 Å². The van der Waals surface area contributed by atoms with E-state index in [-0.39, 0.29) is 39.7 Å². The first-order valence-electron chi connectivity index (χ1n) is 14.7. The second kappa shape index (κ2) is 19.9. The molecule has 0 fully saturated rings. The van der Waals surface area contributed by atoms with Crippen molar-refractivity contribution in [1.82, 2.24) is 0 Å². The van der Waals surface area contributed by atoms with Crippen molar-refractivity contribution in [3.63, 3.8) is 0 Å². The van der Waals surface area contributed by atoms with Crippen LogP contribution < -0.4 is 0 Å². The maximum Gasteiger partial charge on any atom is -0.0259 e. The van der Waals surface area contributed by atoms with Gasteiger partial charge in [-0.3, -0.25) is 0 Å². The van der Waals surface area contributed by atoms with Gasteiger partial charge in [-0.15, -0.1) is 93.9 Å². The average Bonchev–Trinajstić information content (AvgIpc) is 3.76. The topological polar surface area (TPSA) is 0 Å². The van der Waals surface area contributed by atoms with Crippen LogP contribution in [0.5, 0.6) is 0 Å². The molecule has 8 rings (SSSR count). The summed E-state index contributed by atoms with van der Waals surface area (Å²) in [5.74, 6) is 0. The molecule has 0 saturated carbocycles. The predicted octanol–water partition coefficient (Wildman–Crippen LogP) is 13.1. The van der Waals surface area contributed by atoms with Crippen molar-refractivity contribution < 1.29 is 23.3 Å². The Kier molecular flexibility index (Phi) is 16.7. The molecule has 0 atom stereocenters. The number of rotatable bonds is 4. The van der Waals surface area contributed by atoms with Crippen molar-refractivity contribution in [2.45, 2.75) is 0 Å². The van der Waals surface area contributed by atoms with Crippen LogP contribution in [-0.4, -0.2) is 6.88 Å². The monoisotopic (exact) mass is 754 g/mol. The normalized spacial score (nSPS) is 9.56. The largest absolute Gasteiger partial charge is 0.144 e. The van der Waals surface area contributed by atoms with Gasteiger partial charge in [-0.2, -0.15) is 0 Å². The van der Waals surface area contributed by atoms with Crippen LogP contribution in [-0.2, 0) is 23.3 Å². The Balaban J connectivity index is 0.000000294. The summed E-state index contributed by atoms with van der Waals surface area (Å²) in [6.07, 6.45) is 0. The second-order valence-electron chi connectivity index (χ2n) is 10.6. The standard InChI is InChI=1S/2C21H15.2CH3.2ClH.Si.Zr/c2*1-3-8-16(9-4-1)19-14-18-12-7-13-20(21(18)15-19)17-10-5-2-6-11-17;;;;;;/h2*1-15H;2*1H3;2*1H;;/q4*-1;;;;. The molecule has 0 spiro atoms. The van der Waals surface area contributed by atoms with Gasteiger partial charge in [-0.1, -0.05) is 168 Å². The third-order valence-corrected chi connectivity index (χ3v) is 7.89. The molecule has 48 heavy (non-hydrogen) atoms. The SMILES string of the molecule is Cl.Cl.[CH3-].[CH3-].[Si]=[Zr].c1ccc(-c2cc3c(-c4ccccc4)cccc3[cH-]2)cc1.c1ccc(-c2cc3c(-c4ccccc4)cccc3[cH-]2)cc1. The molecule has 0 amide bonds. The molecule has 0 aromatic heterocycles. The molecule has 0 heterocycles. The minimum Gasteiger partial charge on any atom is -0.144 e.